The second-order valence-corrected chi connectivity index (χ2v) is 4.70. The van der Waals surface area contributed by atoms with Crippen molar-refractivity contribution in [2.75, 3.05) is 0 Å². The summed E-state index contributed by atoms with van der Waals surface area (Å²) in [7, 11) is 0. The normalized spacial score (nSPS) is 9.33. The number of hydrogen-bond donors (Lipinski definition) is 0. The highest BCUT2D eigenvalue weighted by Gasteiger charge is 2.04. The Morgan fingerprint density at radius 3 is 2.38 bits per heavy atom. The molecule has 0 bridgehead atoms. The van der Waals surface area contributed by atoms with Gasteiger partial charge >= 0.3 is 0 Å². The molecule has 0 aromatic heterocycles. The third kappa shape index (κ3) is 4.81. The van der Waals surface area contributed by atoms with Gasteiger partial charge in [0.05, 0.1) is 0 Å². The van der Waals surface area contributed by atoms with Crippen molar-refractivity contribution in [1.29, 1.82) is 0 Å². The maximum absolute atomic E-state index is 10.7. The van der Waals surface area contributed by atoms with E-state index in [1.807, 2.05) is 44.2 Å². The van der Waals surface area contributed by atoms with E-state index in [0.29, 0.717) is 13.0 Å². The van der Waals surface area contributed by atoms with E-state index in [1.54, 1.807) is 0 Å². The molecule has 0 N–H and O–H groups in total. The van der Waals surface area contributed by atoms with Crippen LogP contribution in [0.1, 0.15) is 22.3 Å². The van der Waals surface area contributed by atoms with Crippen LogP contribution in [0, 0.1) is 26.7 Å². The molecule has 0 radical (unpaired) electrons. The van der Waals surface area contributed by atoms with Crippen LogP contribution in [-0.2, 0) is 17.8 Å². The topological polar surface area (TPSA) is 26.3 Å². The SMILES string of the molecule is C#C.Cc1ccc(C)c(OCc2ccccc2CC=O)c1. The first-order valence-corrected chi connectivity index (χ1v) is 6.74. The number of carbonyl (C=O) groups is 1. The van der Waals surface area contributed by atoms with E-state index in [9.17, 15) is 4.79 Å². The molecule has 0 spiro atoms. The Hall–Kier alpha value is -2.53. The highest BCUT2D eigenvalue weighted by atomic mass is 16.5. The van der Waals surface area contributed by atoms with Crippen LogP contribution in [-0.4, -0.2) is 6.29 Å². The Bertz CT molecular complexity index is 612. The van der Waals surface area contributed by atoms with Gasteiger partial charge in [0.2, 0.25) is 0 Å². The molecule has 21 heavy (non-hydrogen) atoms. The summed E-state index contributed by atoms with van der Waals surface area (Å²) < 4.78 is 5.87. The minimum Gasteiger partial charge on any atom is -0.489 e. The van der Waals surface area contributed by atoms with Gasteiger partial charge in [0, 0.05) is 6.42 Å². The zero-order chi connectivity index (χ0) is 15.7. The van der Waals surface area contributed by atoms with E-state index in [1.165, 1.54) is 5.56 Å². The maximum atomic E-state index is 10.7. The molecule has 0 aliphatic heterocycles. The van der Waals surface area contributed by atoms with Gasteiger partial charge in [-0.15, -0.1) is 12.8 Å². The van der Waals surface area contributed by atoms with Gasteiger partial charge in [0.25, 0.3) is 0 Å². The summed E-state index contributed by atoms with van der Waals surface area (Å²) in [4.78, 5) is 10.7. The van der Waals surface area contributed by atoms with Crippen LogP contribution < -0.4 is 4.74 Å². The zero-order valence-corrected chi connectivity index (χ0v) is 12.5. The van der Waals surface area contributed by atoms with E-state index in [4.69, 9.17) is 4.74 Å². The summed E-state index contributed by atoms with van der Waals surface area (Å²) in [5, 5.41) is 0. The maximum Gasteiger partial charge on any atom is 0.124 e. The van der Waals surface area contributed by atoms with E-state index >= 15 is 0 Å². The third-order valence-electron chi connectivity index (χ3n) is 3.15. The summed E-state index contributed by atoms with van der Waals surface area (Å²) in [6.45, 7) is 4.58. The summed E-state index contributed by atoms with van der Waals surface area (Å²) in [6.07, 6.45) is 9.36. The first kappa shape index (κ1) is 16.5. The van der Waals surface area contributed by atoms with Gasteiger partial charge in [0.15, 0.2) is 0 Å². The molecule has 0 aliphatic rings. The number of rotatable bonds is 5. The molecule has 2 heteroatoms. The average Bonchev–Trinajstić information content (AvgIpc) is 2.52. The Morgan fingerprint density at radius 1 is 1.05 bits per heavy atom. The molecular weight excluding hydrogens is 260 g/mol. The zero-order valence-electron chi connectivity index (χ0n) is 12.5. The molecule has 0 unspecified atom stereocenters. The molecule has 108 valence electrons. The lowest BCUT2D eigenvalue weighted by molar-refractivity contribution is -0.107. The molecule has 2 nitrogen and oxygen atoms in total. The molecule has 2 aromatic carbocycles. The first-order chi connectivity index (χ1) is 10.2. The summed E-state index contributed by atoms with van der Waals surface area (Å²) >= 11 is 0. The van der Waals surface area contributed by atoms with Gasteiger partial charge in [-0.05, 0) is 42.2 Å². The number of terminal acetylenes is 1. The molecule has 0 amide bonds. The third-order valence-corrected chi connectivity index (χ3v) is 3.15. The highest BCUT2D eigenvalue weighted by Crippen LogP contribution is 2.21. The molecular formula is C19H20O2. The molecule has 0 atom stereocenters. The number of benzene rings is 2. The Balaban J connectivity index is 0.00000106. The highest BCUT2D eigenvalue weighted by molar-refractivity contribution is 5.56. The number of aldehydes is 1. The van der Waals surface area contributed by atoms with Crippen molar-refractivity contribution in [3.05, 3.63) is 64.7 Å². The molecule has 0 saturated heterocycles. The molecule has 2 aromatic rings. The molecule has 2 rings (SSSR count). The van der Waals surface area contributed by atoms with Gasteiger partial charge < -0.3 is 9.53 Å². The fourth-order valence-electron chi connectivity index (χ4n) is 2.01. The van der Waals surface area contributed by atoms with Crippen molar-refractivity contribution in [3.63, 3.8) is 0 Å². The van der Waals surface area contributed by atoms with E-state index in [0.717, 1.165) is 28.7 Å². The van der Waals surface area contributed by atoms with Crippen LogP contribution in [0.15, 0.2) is 42.5 Å². The van der Waals surface area contributed by atoms with Crippen LogP contribution in [0.2, 0.25) is 0 Å². The van der Waals surface area contributed by atoms with Gasteiger partial charge in [-0.3, -0.25) is 0 Å². The Kier molecular flexibility index (Phi) is 6.77. The van der Waals surface area contributed by atoms with Gasteiger partial charge in [-0.2, -0.15) is 0 Å². The smallest absolute Gasteiger partial charge is 0.124 e. The standard InChI is InChI=1S/C17H18O2.C2H2/c1-13-7-8-14(2)17(11-13)19-12-16-6-4-3-5-15(16)9-10-18;1-2/h3-8,10-11H,9,12H2,1-2H3;1-2H. The second kappa shape index (κ2) is 8.60. The van der Waals surface area contributed by atoms with Crippen molar-refractivity contribution in [2.45, 2.75) is 26.9 Å². The van der Waals surface area contributed by atoms with Crippen molar-refractivity contribution in [1.82, 2.24) is 0 Å². The number of hydrogen-bond acceptors (Lipinski definition) is 2. The fourth-order valence-corrected chi connectivity index (χ4v) is 2.01. The Morgan fingerprint density at radius 2 is 1.71 bits per heavy atom. The quantitative estimate of drug-likeness (QED) is 0.614. The summed E-state index contributed by atoms with van der Waals surface area (Å²) in [6, 6.07) is 14.1. The van der Waals surface area contributed by atoms with E-state index in [2.05, 4.69) is 25.0 Å². The first-order valence-electron chi connectivity index (χ1n) is 6.74. The fraction of sp³-hybridized carbons (Fsp3) is 0.211. The van der Waals surface area contributed by atoms with Crippen LogP contribution in [0.4, 0.5) is 0 Å². The van der Waals surface area contributed by atoms with Gasteiger partial charge in [-0.25, -0.2) is 0 Å². The summed E-state index contributed by atoms with van der Waals surface area (Å²) in [5.74, 6) is 0.904. The minimum absolute atomic E-state index is 0.437. The van der Waals surface area contributed by atoms with Crippen LogP contribution >= 0.6 is 0 Å². The Labute approximate surface area is 126 Å². The van der Waals surface area contributed by atoms with Crippen LogP contribution in [0.25, 0.3) is 0 Å². The summed E-state index contributed by atoms with van der Waals surface area (Å²) in [5.41, 5.74) is 4.40. The average molecular weight is 280 g/mol. The van der Waals surface area contributed by atoms with Gasteiger partial charge in [0.1, 0.15) is 18.6 Å². The van der Waals surface area contributed by atoms with Gasteiger partial charge in [-0.1, -0.05) is 36.4 Å². The van der Waals surface area contributed by atoms with Crippen molar-refractivity contribution < 1.29 is 9.53 Å². The lowest BCUT2D eigenvalue weighted by atomic mass is 10.1. The van der Waals surface area contributed by atoms with Crippen molar-refractivity contribution >= 4 is 6.29 Å². The molecule has 0 fully saturated rings. The number of ether oxygens (including phenoxy) is 1. The number of aryl methyl sites for hydroxylation is 2. The van der Waals surface area contributed by atoms with E-state index in [-0.39, 0.29) is 0 Å². The molecule has 0 heterocycles. The monoisotopic (exact) mass is 280 g/mol. The van der Waals surface area contributed by atoms with Crippen LogP contribution in [0.5, 0.6) is 5.75 Å². The predicted octanol–water partition coefficient (Wildman–Crippen LogP) is 3.87. The lowest BCUT2D eigenvalue weighted by Gasteiger charge is -2.12. The second-order valence-electron chi connectivity index (χ2n) is 4.70. The minimum atomic E-state index is 0.437. The van der Waals surface area contributed by atoms with E-state index < -0.39 is 0 Å². The predicted molar refractivity (Wildman–Crippen MR) is 86.3 cm³/mol. The lowest BCUT2D eigenvalue weighted by Crippen LogP contribution is -2.01. The van der Waals surface area contributed by atoms with Crippen molar-refractivity contribution in [2.24, 2.45) is 0 Å². The molecule has 0 saturated carbocycles. The van der Waals surface area contributed by atoms with Crippen molar-refractivity contribution in [3.8, 4) is 18.6 Å². The molecule has 0 aliphatic carbocycles. The number of carbonyl (C=O) groups excluding carboxylic acids is 1. The largest absolute Gasteiger partial charge is 0.489 e. The van der Waals surface area contributed by atoms with Crippen LogP contribution in [0.3, 0.4) is 0 Å².